The third kappa shape index (κ3) is 5.14. The molecule has 0 atom stereocenters. The lowest BCUT2D eigenvalue weighted by Gasteiger charge is -2.30. The fourth-order valence-corrected chi connectivity index (χ4v) is 4.43. The number of anilines is 1. The van der Waals surface area contributed by atoms with Gasteiger partial charge in [0.2, 0.25) is 5.43 Å². The largest absolute Gasteiger partial charge is 0.462 e. The Morgan fingerprint density at radius 1 is 1.12 bits per heavy atom. The second kappa shape index (κ2) is 10.5. The first-order valence-corrected chi connectivity index (χ1v) is 12.1. The topological polar surface area (TPSA) is 63.6 Å². The van der Waals surface area contributed by atoms with Crippen molar-refractivity contribution in [3.05, 3.63) is 39.9 Å². The molecule has 0 bridgehead atoms. The third-order valence-corrected chi connectivity index (χ3v) is 6.45. The number of piperazine rings is 1. The van der Waals surface area contributed by atoms with E-state index < -0.39 is 17.2 Å². The number of fused-ring (bicyclic) bond motifs is 1. The van der Waals surface area contributed by atoms with Crippen molar-refractivity contribution in [2.24, 2.45) is 0 Å². The maximum atomic E-state index is 15.0. The first-order chi connectivity index (χ1) is 15.6. The smallest absolute Gasteiger partial charge is 0.343 e. The number of ether oxygens (including phenoxy) is 1. The molecule has 32 heavy (non-hydrogen) atoms. The Bertz CT molecular complexity index is 1010. The Kier molecular flexibility index (Phi) is 7.45. The molecule has 1 aromatic heterocycles. The van der Waals surface area contributed by atoms with Gasteiger partial charge in [-0.05, 0) is 31.4 Å². The van der Waals surface area contributed by atoms with E-state index >= 15 is 4.39 Å². The summed E-state index contributed by atoms with van der Waals surface area (Å²) in [7, 11) is 0. The van der Waals surface area contributed by atoms with Crippen LogP contribution in [0, 0.1) is 5.82 Å². The van der Waals surface area contributed by atoms with Gasteiger partial charge in [0.05, 0.1) is 17.8 Å². The van der Waals surface area contributed by atoms with Crippen LogP contribution in [0.2, 0.25) is 0 Å². The number of aromatic nitrogens is 1. The normalized spacial score (nSPS) is 16.5. The number of hydrogen-bond acceptors (Lipinski definition) is 5. The fraction of sp³-hybridized carbons (Fsp3) is 0.600. The Hall–Kier alpha value is -2.41. The van der Waals surface area contributed by atoms with Crippen molar-refractivity contribution in [3.63, 3.8) is 0 Å². The third-order valence-electron chi connectivity index (χ3n) is 6.45. The van der Waals surface area contributed by atoms with E-state index in [0.29, 0.717) is 17.8 Å². The van der Waals surface area contributed by atoms with Crippen molar-refractivity contribution < 1.29 is 13.9 Å². The first-order valence-electron chi connectivity index (χ1n) is 12.1. The molecule has 0 unspecified atom stereocenters. The molecule has 1 N–H and O–H groups in total. The molecular weight excluding hydrogens is 409 g/mol. The highest BCUT2D eigenvalue weighted by Crippen LogP contribution is 2.38. The summed E-state index contributed by atoms with van der Waals surface area (Å²) in [6.07, 6.45) is 10.2. The molecular formula is C25H34FN3O3. The zero-order valence-corrected chi connectivity index (χ0v) is 19.0. The highest BCUT2D eigenvalue weighted by molar-refractivity contribution is 5.94. The minimum atomic E-state index is -0.605. The maximum absolute atomic E-state index is 15.0. The van der Waals surface area contributed by atoms with Crippen molar-refractivity contribution in [2.45, 2.75) is 64.3 Å². The Morgan fingerprint density at radius 3 is 2.56 bits per heavy atom. The molecule has 0 spiro atoms. The average molecular weight is 444 g/mol. The molecule has 1 saturated heterocycles. The fourth-order valence-electron chi connectivity index (χ4n) is 4.43. The van der Waals surface area contributed by atoms with Gasteiger partial charge in [-0.3, -0.25) is 4.79 Å². The van der Waals surface area contributed by atoms with E-state index in [9.17, 15) is 9.59 Å². The van der Waals surface area contributed by atoms with E-state index in [2.05, 4.69) is 12.2 Å². The zero-order chi connectivity index (χ0) is 22.5. The second-order valence-corrected chi connectivity index (χ2v) is 8.97. The molecule has 174 valence electrons. The molecule has 2 aliphatic rings. The van der Waals surface area contributed by atoms with Gasteiger partial charge in [-0.1, -0.05) is 39.0 Å². The van der Waals surface area contributed by atoms with Crippen molar-refractivity contribution in [3.8, 4) is 0 Å². The number of unbranched alkanes of at least 4 members (excludes halogenated alkanes) is 5. The van der Waals surface area contributed by atoms with Gasteiger partial charge in [0.1, 0.15) is 11.4 Å². The van der Waals surface area contributed by atoms with E-state index in [1.807, 2.05) is 9.47 Å². The van der Waals surface area contributed by atoms with E-state index in [-0.39, 0.29) is 17.0 Å². The van der Waals surface area contributed by atoms with Crippen molar-refractivity contribution in [1.82, 2.24) is 9.88 Å². The highest BCUT2D eigenvalue weighted by Gasteiger charge is 2.28. The SMILES string of the molecule is CCCCCCCCOC(=O)c1cn(C2CC2)c2cc(N3CCNCC3)c(F)cc2c1=O. The van der Waals surface area contributed by atoms with E-state index in [0.717, 1.165) is 58.3 Å². The molecule has 0 amide bonds. The highest BCUT2D eigenvalue weighted by atomic mass is 19.1. The first kappa shape index (κ1) is 22.8. The predicted octanol–water partition coefficient (Wildman–Crippen LogP) is 4.40. The van der Waals surface area contributed by atoms with Crippen LogP contribution in [-0.2, 0) is 4.74 Å². The number of rotatable bonds is 10. The Morgan fingerprint density at radius 2 is 1.84 bits per heavy atom. The molecule has 1 aromatic carbocycles. The van der Waals surface area contributed by atoms with Gasteiger partial charge < -0.3 is 19.5 Å². The minimum absolute atomic E-state index is 0.00436. The average Bonchev–Trinajstić information content (AvgIpc) is 3.64. The Balaban J connectivity index is 1.56. The van der Waals surface area contributed by atoms with Crippen molar-refractivity contribution in [2.75, 3.05) is 37.7 Å². The molecule has 6 nitrogen and oxygen atoms in total. The van der Waals surface area contributed by atoms with Gasteiger partial charge in [0.15, 0.2) is 0 Å². The van der Waals surface area contributed by atoms with Gasteiger partial charge in [0, 0.05) is 43.8 Å². The number of nitrogens with one attached hydrogen (secondary N) is 1. The number of pyridine rings is 1. The van der Waals surface area contributed by atoms with Crippen LogP contribution in [0.4, 0.5) is 10.1 Å². The number of carbonyl (C=O) groups is 1. The minimum Gasteiger partial charge on any atom is -0.462 e. The summed E-state index contributed by atoms with van der Waals surface area (Å²) in [5.74, 6) is -1.03. The summed E-state index contributed by atoms with van der Waals surface area (Å²) in [4.78, 5) is 27.8. The van der Waals surface area contributed by atoms with Gasteiger partial charge in [-0.15, -0.1) is 0 Å². The molecule has 4 rings (SSSR count). The summed E-state index contributed by atoms with van der Waals surface area (Å²) in [6, 6.07) is 3.32. The van der Waals surface area contributed by atoms with Gasteiger partial charge in [0.25, 0.3) is 0 Å². The number of halogens is 1. The molecule has 0 radical (unpaired) electrons. The monoisotopic (exact) mass is 443 g/mol. The Labute approximate surface area is 188 Å². The van der Waals surface area contributed by atoms with E-state index in [1.165, 1.54) is 25.3 Å². The molecule has 1 aliphatic carbocycles. The number of esters is 1. The lowest BCUT2D eigenvalue weighted by Crippen LogP contribution is -2.43. The standard InChI is InChI=1S/C25H34FN3O3/c1-2-3-4-5-6-7-14-32-25(31)20-17-29(18-8-9-18)22-16-23(28-12-10-27-11-13-28)21(26)15-19(22)24(20)30/h15-18,27H,2-14H2,1H3. The van der Waals surface area contributed by atoms with E-state index in [1.54, 1.807) is 12.3 Å². The molecule has 1 aliphatic heterocycles. The van der Waals surface area contributed by atoms with Crippen molar-refractivity contribution in [1.29, 1.82) is 0 Å². The maximum Gasteiger partial charge on any atom is 0.343 e. The van der Waals surface area contributed by atoms with Crippen LogP contribution in [-0.4, -0.2) is 43.3 Å². The number of carbonyl (C=O) groups excluding carboxylic acids is 1. The van der Waals surface area contributed by atoms with Crippen LogP contribution < -0.4 is 15.6 Å². The van der Waals surface area contributed by atoms with Crippen LogP contribution in [0.5, 0.6) is 0 Å². The summed E-state index contributed by atoms with van der Waals surface area (Å²) < 4.78 is 22.4. The second-order valence-electron chi connectivity index (χ2n) is 8.97. The van der Waals surface area contributed by atoms with Crippen molar-refractivity contribution >= 4 is 22.6 Å². The van der Waals surface area contributed by atoms with E-state index in [4.69, 9.17) is 4.74 Å². The van der Waals surface area contributed by atoms with Crippen LogP contribution in [0.1, 0.15) is 74.7 Å². The lowest BCUT2D eigenvalue weighted by atomic mass is 10.1. The van der Waals surface area contributed by atoms with Crippen LogP contribution in [0.15, 0.2) is 23.1 Å². The van der Waals surface area contributed by atoms with Gasteiger partial charge >= 0.3 is 5.97 Å². The molecule has 2 heterocycles. The summed E-state index contributed by atoms with van der Waals surface area (Å²) in [5.41, 5.74) is 0.770. The molecule has 1 saturated carbocycles. The van der Waals surface area contributed by atoms with Gasteiger partial charge in [-0.2, -0.15) is 0 Å². The number of nitrogens with zero attached hydrogens (tertiary/aromatic N) is 2. The predicted molar refractivity (Wildman–Crippen MR) is 125 cm³/mol. The lowest BCUT2D eigenvalue weighted by molar-refractivity contribution is 0.0495. The van der Waals surface area contributed by atoms with Crippen LogP contribution in [0.3, 0.4) is 0 Å². The number of benzene rings is 1. The quantitative estimate of drug-likeness (QED) is 0.436. The molecule has 7 heteroatoms. The zero-order valence-electron chi connectivity index (χ0n) is 19.0. The molecule has 2 aromatic rings. The van der Waals surface area contributed by atoms with Crippen LogP contribution >= 0.6 is 0 Å². The summed E-state index contributed by atoms with van der Waals surface area (Å²) in [6.45, 7) is 5.53. The number of hydrogen-bond donors (Lipinski definition) is 1. The van der Waals surface area contributed by atoms with Gasteiger partial charge in [-0.25, -0.2) is 9.18 Å². The van der Waals surface area contributed by atoms with Crippen LogP contribution in [0.25, 0.3) is 10.9 Å². The molecule has 2 fully saturated rings. The summed E-state index contributed by atoms with van der Waals surface area (Å²) in [5, 5.41) is 3.52. The summed E-state index contributed by atoms with van der Waals surface area (Å²) >= 11 is 0.